The van der Waals surface area contributed by atoms with Gasteiger partial charge in [0.2, 0.25) is 11.5 Å². The molecule has 0 radical (unpaired) electrons. The summed E-state index contributed by atoms with van der Waals surface area (Å²) in [6, 6.07) is 0. The summed E-state index contributed by atoms with van der Waals surface area (Å²) in [5.41, 5.74) is 1.34. The van der Waals surface area contributed by atoms with Gasteiger partial charge < -0.3 is 24.1 Å². The standard InChI is InChI=1S/C21H30O7/c1-25-18-14-12-13(10-8-6-5-7-9-11-15(22)23)17(24)16(14)19(26-2)21(28-4)20(18)27-3/h13H,5-12H2,1-4H3,(H,22,23). The summed E-state index contributed by atoms with van der Waals surface area (Å²) in [5, 5.41) is 8.66. The quantitative estimate of drug-likeness (QED) is 0.538. The number of aliphatic carboxylic acids is 1. The van der Waals surface area contributed by atoms with Gasteiger partial charge in [-0.3, -0.25) is 9.59 Å². The molecule has 156 valence electrons. The van der Waals surface area contributed by atoms with Gasteiger partial charge in [0.05, 0.1) is 34.0 Å². The van der Waals surface area contributed by atoms with Gasteiger partial charge in [0.25, 0.3) is 0 Å². The van der Waals surface area contributed by atoms with Gasteiger partial charge in [-0.1, -0.05) is 25.7 Å². The van der Waals surface area contributed by atoms with Crippen LogP contribution in [0.1, 0.15) is 60.9 Å². The van der Waals surface area contributed by atoms with E-state index < -0.39 is 5.97 Å². The Kier molecular flexibility index (Phi) is 7.96. The minimum absolute atomic E-state index is 0.0528. The third-order valence-electron chi connectivity index (χ3n) is 5.25. The number of ketones is 1. The highest BCUT2D eigenvalue weighted by Crippen LogP contribution is 2.53. The van der Waals surface area contributed by atoms with Crippen LogP contribution in [0.4, 0.5) is 0 Å². The van der Waals surface area contributed by atoms with Crippen LogP contribution in [0.25, 0.3) is 0 Å². The zero-order chi connectivity index (χ0) is 20.7. The minimum Gasteiger partial charge on any atom is -0.492 e. The number of rotatable bonds is 12. The van der Waals surface area contributed by atoms with Crippen molar-refractivity contribution in [3.05, 3.63) is 11.1 Å². The number of unbranched alkanes of at least 4 members (excludes halogenated alkanes) is 4. The smallest absolute Gasteiger partial charge is 0.303 e. The Morgan fingerprint density at radius 1 is 0.857 bits per heavy atom. The van der Waals surface area contributed by atoms with E-state index >= 15 is 0 Å². The first kappa shape index (κ1) is 21.9. The van der Waals surface area contributed by atoms with Gasteiger partial charge >= 0.3 is 5.97 Å². The first-order valence-electron chi connectivity index (χ1n) is 9.64. The van der Waals surface area contributed by atoms with Crippen molar-refractivity contribution >= 4 is 11.8 Å². The number of benzene rings is 1. The number of hydrogen-bond acceptors (Lipinski definition) is 6. The Bertz CT molecular complexity index is 711. The molecule has 1 aromatic carbocycles. The fourth-order valence-corrected chi connectivity index (χ4v) is 3.92. The Morgan fingerprint density at radius 2 is 1.39 bits per heavy atom. The molecule has 1 atom stereocenters. The monoisotopic (exact) mass is 394 g/mol. The molecule has 0 aromatic heterocycles. The second kappa shape index (κ2) is 10.2. The van der Waals surface area contributed by atoms with E-state index in [1.807, 2.05) is 0 Å². The van der Waals surface area contributed by atoms with E-state index in [4.69, 9.17) is 24.1 Å². The fourth-order valence-electron chi connectivity index (χ4n) is 3.92. The largest absolute Gasteiger partial charge is 0.492 e. The molecule has 1 aliphatic rings. The topological polar surface area (TPSA) is 91.3 Å². The predicted molar refractivity (Wildman–Crippen MR) is 104 cm³/mol. The second-order valence-electron chi connectivity index (χ2n) is 6.95. The highest BCUT2D eigenvalue weighted by atomic mass is 16.5. The predicted octanol–water partition coefficient (Wildman–Crippen LogP) is 3.89. The lowest BCUT2D eigenvalue weighted by atomic mass is 9.96. The van der Waals surface area contributed by atoms with Crippen LogP contribution in [0.2, 0.25) is 0 Å². The molecule has 0 saturated carbocycles. The normalized spacial score (nSPS) is 15.3. The van der Waals surface area contributed by atoms with Crippen LogP contribution < -0.4 is 18.9 Å². The van der Waals surface area contributed by atoms with Crippen molar-refractivity contribution in [3.8, 4) is 23.0 Å². The van der Waals surface area contributed by atoms with Crippen LogP contribution in [0.15, 0.2) is 0 Å². The zero-order valence-corrected chi connectivity index (χ0v) is 17.1. The van der Waals surface area contributed by atoms with E-state index in [9.17, 15) is 9.59 Å². The van der Waals surface area contributed by atoms with E-state index in [0.717, 1.165) is 37.7 Å². The number of carbonyl (C=O) groups is 2. The molecule has 0 spiro atoms. The van der Waals surface area contributed by atoms with E-state index in [1.54, 1.807) is 7.11 Å². The van der Waals surface area contributed by atoms with Crippen molar-refractivity contribution in [2.75, 3.05) is 28.4 Å². The lowest BCUT2D eigenvalue weighted by Crippen LogP contribution is -2.10. The minimum atomic E-state index is -0.747. The van der Waals surface area contributed by atoms with E-state index in [2.05, 4.69) is 0 Å². The van der Waals surface area contributed by atoms with Crippen LogP contribution in [-0.2, 0) is 11.2 Å². The molecule has 1 unspecified atom stereocenters. The molecule has 0 bridgehead atoms. The van der Waals surface area contributed by atoms with Gasteiger partial charge in [-0.05, 0) is 19.3 Å². The summed E-state index contributed by atoms with van der Waals surface area (Å²) in [6.07, 6.45) is 6.10. The Balaban J connectivity index is 2.08. The Morgan fingerprint density at radius 3 is 1.96 bits per heavy atom. The summed E-state index contributed by atoms with van der Waals surface area (Å²) in [6.45, 7) is 0. The van der Waals surface area contributed by atoms with E-state index in [1.165, 1.54) is 21.3 Å². The van der Waals surface area contributed by atoms with Crippen LogP contribution in [0.3, 0.4) is 0 Å². The maximum Gasteiger partial charge on any atom is 0.303 e. The van der Waals surface area contributed by atoms with Crippen molar-refractivity contribution in [1.29, 1.82) is 0 Å². The Labute approximate surface area is 165 Å². The number of ether oxygens (including phenoxy) is 4. The third kappa shape index (κ3) is 4.51. The summed E-state index contributed by atoms with van der Waals surface area (Å²) < 4.78 is 22.0. The van der Waals surface area contributed by atoms with Crippen LogP contribution in [-0.4, -0.2) is 45.3 Å². The van der Waals surface area contributed by atoms with Crippen molar-refractivity contribution in [2.24, 2.45) is 5.92 Å². The Hall–Kier alpha value is -2.44. The number of carbonyl (C=O) groups excluding carboxylic acids is 1. The van der Waals surface area contributed by atoms with Crippen LogP contribution in [0.5, 0.6) is 23.0 Å². The average Bonchev–Trinajstić information content (AvgIpc) is 3.01. The maximum absolute atomic E-state index is 13.1. The number of hydrogen-bond donors (Lipinski definition) is 1. The van der Waals surface area contributed by atoms with Gasteiger partial charge in [-0.25, -0.2) is 0 Å². The molecule has 1 N–H and O–H groups in total. The van der Waals surface area contributed by atoms with Crippen molar-refractivity contribution < 1.29 is 33.6 Å². The number of fused-ring (bicyclic) bond motifs is 1. The first-order chi connectivity index (χ1) is 13.5. The lowest BCUT2D eigenvalue weighted by molar-refractivity contribution is -0.137. The summed E-state index contributed by atoms with van der Waals surface area (Å²) in [7, 11) is 6.11. The molecule has 7 heteroatoms. The van der Waals surface area contributed by atoms with Crippen molar-refractivity contribution in [2.45, 2.75) is 51.4 Å². The molecule has 0 heterocycles. The molecule has 1 aromatic rings. The second-order valence-corrected chi connectivity index (χ2v) is 6.95. The fraction of sp³-hybridized carbons (Fsp3) is 0.619. The van der Waals surface area contributed by atoms with Crippen LogP contribution >= 0.6 is 0 Å². The molecule has 0 aliphatic heterocycles. The molecule has 2 rings (SSSR count). The first-order valence-corrected chi connectivity index (χ1v) is 9.64. The molecule has 1 aliphatic carbocycles. The number of Topliss-reactive ketones (excluding diaryl/α,β-unsaturated/α-hetero) is 1. The number of methoxy groups -OCH3 is 4. The molecule has 28 heavy (non-hydrogen) atoms. The molecule has 0 amide bonds. The van der Waals surface area contributed by atoms with Gasteiger partial charge in [0.1, 0.15) is 0 Å². The van der Waals surface area contributed by atoms with E-state index in [0.29, 0.717) is 41.4 Å². The van der Waals surface area contributed by atoms with Crippen LogP contribution in [0, 0.1) is 5.92 Å². The lowest BCUT2D eigenvalue weighted by Gasteiger charge is -2.19. The molecular weight excluding hydrogens is 364 g/mol. The van der Waals surface area contributed by atoms with Crippen molar-refractivity contribution in [1.82, 2.24) is 0 Å². The molecule has 0 fully saturated rings. The average molecular weight is 394 g/mol. The molecule has 7 nitrogen and oxygen atoms in total. The van der Waals surface area contributed by atoms with Crippen molar-refractivity contribution in [3.63, 3.8) is 0 Å². The molecular formula is C21H30O7. The van der Waals surface area contributed by atoms with Gasteiger partial charge in [0, 0.05) is 17.9 Å². The van der Waals surface area contributed by atoms with Gasteiger partial charge in [-0.15, -0.1) is 0 Å². The number of carboxylic acids is 1. The highest BCUT2D eigenvalue weighted by molar-refractivity contribution is 6.07. The van der Waals surface area contributed by atoms with Gasteiger partial charge in [0.15, 0.2) is 17.3 Å². The maximum atomic E-state index is 13.1. The summed E-state index contributed by atoms with van der Waals surface area (Å²) >= 11 is 0. The summed E-state index contributed by atoms with van der Waals surface area (Å²) in [4.78, 5) is 23.6. The SMILES string of the molecule is COc1c2c(c(OC)c(OC)c1OC)C(=O)C(CCCCCCCC(=O)O)C2. The summed E-state index contributed by atoms with van der Waals surface area (Å²) in [5.74, 6) is 0.921. The van der Waals surface area contributed by atoms with E-state index in [-0.39, 0.29) is 18.1 Å². The third-order valence-corrected chi connectivity index (χ3v) is 5.25. The number of carboxylic acid groups (broad SMARTS) is 1. The zero-order valence-electron chi connectivity index (χ0n) is 17.1. The molecule has 0 saturated heterocycles. The highest BCUT2D eigenvalue weighted by Gasteiger charge is 2.39. The van der Waals surface area contributed by atoms with Gasteiger partial charge in [-0.2, -0.15) is 0 Å².